The molecule has 0 N–H and O–H groups in total. The van der Waals surface area contributed by atoms with E-state index in [9.17, 15) is 14.7 Å². The summed E-state index contributed by atoms with van der Waals surface area (Å²) in [5, 5.41) is 11.6. The molecule has 2 rings (SSSR count). The number of thiazole rings is 1. The molecule has 0 unspecified atom stereocenters. The Morgan fingerprint density at radius 3 is 2.63 bits per heavy atom. The normalized spacial score (nSPS) is 11.5. The van der Waals surface area contributed by atoms with Gasteiger partial charge in [0.1, 0.15) is 6.09 Å². The number of aldehydes is 1. The van der Waals surface area contributed by atoms with Crippen LogP contribution < -0.4 is 10.0 Å². The Morgan fingerprint density at radius 1 is 1.42 bits per heavy atom. The molecule has 1 aromatic carbocycles. The molecule has 5 nitrogen and oxygen atoms in total. The molecule has 0 aliphatic carbocycles. The summed E-state index contributed by atoms with van der Waals surface area (Å²) in [5.74, 6) is 0. The van der Waals surface area contributed by atoms with E-state index in [-0.39, 0.29) is 0 Å². The minimum atomic E-state index is -1.31. The van der Waals surface area contributed by atoms with Gasteiger partial charge in [0, 0.05) is 11.1 Å². The summed E-state index contributed by atoms with van der Waals surface area (Å²) >= 11 is 1.23. The van der Waals surface area contributed by atoms with E-state index in [1.165, 1.54) is 11.3 Å². The highest BCUT2D eigenvalue weighted by atomic mass is 32.1. The molecule has 0 atom stereocenters. The molecule has 100 valence electrons. The number of rotatable bonds is 2. The lowest BCUT2D eigenvalue weighted by molar-refractivity contribution is -0.247. The summed E-state index contributed by atoms with van der Waals surface area (Å²) in [4.78, 5) is 27.6. The summed E-state index contributed by atoms with van der Waals surface area (Å²) in [7, 11) is 0. The topological polar surface area (TPSA) is 73.3 Å². The number of aromatic nitrogens is 1. The monoisotopic (exact) mass is 277 g/mol. The van der Waals surface area contributed by atoms with E-state index in [1.807, 2.05) is 0 Å². The molecule has 1 heterocycles. The van der Waals surface area contributed by atoms with Crippen molar-refractivity contribution < 1.29 is 14.7 Å². The molecule has 0 aliphatic heterocycles. The van der Waals surface area contributed by atoms with Crippen molar-refractivity contribution in [3.63, 3.8) is 0 Å². The molecular weight excluding hydrogens is 264 g/mol. The second-order valence-electron chi connectivity index (χ2n) is 5.08. The number of carbonyl (C=O) groups excluding carboxylic acids is 2. The number of benzene rings is 1. The third kappa shape index (κ3) is 2.44. The van der Waals surface area contributed by atoms with E-state index < -0.39 is 11.6 Å². The van der Waals surface area contributed by atoms with E-state index in [4.69, 9.17) is 0 Å². The molecular formula is C13H13N2O3S-. The SMILES string of the molecule is CC(C)(C)N(C(=O)[O-])c1nc2c(C=O)cccc2s1. The zero-order valence-corrected chi connectivity index (χ0v) is 11.7. The first-order valence-corrected chi connectivity index (χ1v) is 6.52. The van der Waals surface area contributed by atoms with Crippen LogP contribution in [-0.4, -0.2) is 22.9 Å². The van der Waals surface area contributed by atoms with E-state index in [0.717, 1.165) is 9.60 Å². The van der Waals surface area contributed by atoms with Crippen molar-refractivity contribution in [2.45, 2.75) is 26.3 Å². The molecule has 0 aliphatic rings. The van der Waals surface area contributed by atoms with Crippen molar-refractivity contribution in [1.29, 1.82) is 0 Å². The van der Waals surface area contributed by atoms with Crippen LogP contribution in [0, 0.1) is 0 Å². The second-order valence-corrected chi connectivity index (χ2v) is 6.09. The van der Waals surface area contributed by atoms with Crippen LogP contribution >= 0.6 is 11.3 Å². The molecule has 6 heteroatoms. The predicted molar refractivity (Wildman–Crippen MR) is 72.6 cm³/mol. The summed E-state index contributed by atoms with van der Waals surface area (Å²) in [6, 6.07) is 5.20. The minimum Gasteiger partial charge on any atom is -0.530 e. The van der Waals surface area contributed by atoms with Crippen molar-refractivity contribution in [2.24, 2.45) is 0 Å². The summed E-state index contributed by atoms with van der Waals surface area (Å²) in [6.45, 7) is 5.28. The van der Waals surface area contributed by atoms with Crippen molar-refractivity contribution in [2.75, 3.05) is 4.90 Å². The van der Waals surface area contributed by atoms with Crippen LogP contribution in [0.25, 0.3) is 10.2 Å². The van der Waals surface area contributed by atoms with Crippen molar-refractivity contribution >= 4 is 39.1 Å². The minimum absolute atomic E-state index is 0.316. The maximum atomic E-state index is 11.3. The molecule has 1 amide bonds. The van der Waals surface area contributed by atoms with E-state index >= 15 is 0 Å². The van der Waals surface area contributed by atoms with Gasteiger partial charge in [-0.25, -0.2) is 4.98 Å². The maximum Gasteiger partial charge on any atom is 0.192 e. The lowest BCUT2D eigenvalue weighted by Crippen LogP contribution is -2.52. The lowest BCUT2D eigenvalue weighted by atomic mass is 10.1. The number of hydrogen-bond acceptors (Lipinski definition) is 5. The molecule has 0 spiro atoms. The lowest BCUT2D eigenvalue weighted by Gasteiger charge is -2.35. The van der Waals surface area contributed by atoms with Gasteiger partial charge in [0.15, 0.2) is 11.4 Å². The van der Waals surface area contributed by atoms with Gasteiger partial charge in [-0.15, -0.1) is 0 Å². The van der Waals surface area contributed by atoms with Gasteiger partial charge in [-0.3, -0.25) is 9.69 Å². The largest absolute Gasteiger partial charge is 0.530 e. The van der Waals surface area contributed by atoms with E-state index in [0.29, 0.717) is 22.5 Å². The van der Waals surface area contributed by atoms with Gasteiger partial charge in [0.05, 0.1) is 10.2 Å². The Morgan fingerprint density at radius 2 is 2.11 bits per heavy atom. The molecule has 0 bridgehead atoms. The summed E-state index contributed by atoms with van der Waals surface area (Å²) in [6.07, 6.45) is -0.592. The van der Waals surface area contributed by atoms with Gasteiger partial charge in [-0.1, -0.05) is 17.4 Å². The highest BCUT2D eigenvalue weighted by Gasteiger charge is 2.26. The van der Waals surface area contributed by atoms with Gasteiger partial charge in [-0.2, -0.15) is 0 Å². The Labute approximate surface area is 114 Å². The smallest absolute Gasteiger partial charge is 0.192 e. The third-order valence-corrected chi connectivity index (χ3v) is 3.62. The average molecular weight is 277 g/mol. The van der Waals surface area contributed by atoms with E-state index in [2.05, 4.69) is 4.98 Å². The van der Waals surface area contributed by atoms with Crippen LogP contribution in [0.5, 0.6) is 0 Å². The second kappa shape index (κ2) is 4.62. The summed E-state index contributed by atoms with van der Waals surface area (Å²) in [5.41, 5.74) is 0.314. The van der Waals surface area contributed by atoms with Gasteiger partial charge in [0.25, 0.3) is 0 Å². The van der Waals surface area contributed by atoms with Crippen LogP contribution in [0.15, 0.2) is 18.2 Å². The number of anilines is 1. The van der Waals surface area contributed by atoms with Crippen molar-refractivity contribution in [1.82, 2.24) is 4.98 Å². The molecule has 1 aromatic heterocycles. The van der Waals surface area contributed by atoms with Crippen LogP contribution in [0.3, 0.4) is 0 Å². The van der Waals surface area contributed by atoms with Gasteiger partial charge < -0.3 is 9.90 Å². The molecule has 0 saturated carbocycles. The Balaban J connectivity index is 2.62. The maximum absolute atomic E-state index is 11.3. The highest BCUT2D eigenvalue weighted by Crippen LogP contribution is 2.33. The average Bonchev–Trinajstić information content (AvgIpc) is 2.68. The highest BCUT2D eigenvalue weighted by molar-refractivity contribution is 7.22. The fraction of sp³-hybridized carbons (Fsp3) is 0.308. The predicted octanol–water partition coefficient (Wildman–Crippen LogP) is 2.06. The number of amides is 1. The quantitative estimate of drug-likeness (QED) is 0.787. The van der Waals surface area contributed by atoms with Crippen LogP contribution in [0.2, 0.25) is 0 Å². The third-order valence-electron chi connectivity index (χ3n) is 2.61. The first-order valence-electron chi connectivity index (χ1n) is 5.70. The molecule has 0 saturated heterocycles. The van der Waals surface area contributed by atoms with Crippen LogP contribution in [0.1, 0.15) is 31.1 Å². The zero-order valence-electron chi connectivity index (χ0n) is 10.8. The number of carboxylic acid groups (broad SMARTS) is 1. The van der Waals surface area contributed by atoms with E-state index in [1.54, 1.807) is 39.0 Å². The van der Waals surface area contributed by atoms with Crippen LogP contribution in [-0.2, 0) is 0 Å². The Hall–Kier alpha value is -1.95. The molecule has 2 aromatic rings. The zero-order chi connectivity index (χ0) is 14.2. The van der Waals surface area contributed by atoms with Crippen LogP contribution in [0.4, 0.5) is 9.93 Å². The first-order chi connectivity index (χ1) is 8.84. The number of carbonyl (C=O) groups is 2. The Kier molecular flexibility index (Phi) is 3.28. The summed E-state index contributed by atoms with van der Waals surface area (Å²) < 4.78 is 0.773. The van der Waals surface area contributed by atoms with Crippen molar-refractivity contribution in [3.05, 3.63) is 23.8 Å². The fourth-order valence-corrected chi connectivity index (χ4v) is 2.97. The number of fused-ring (bicyclic) bond motifs is 1. The number of nitrogens with zero attached hydrogens (tertiary/aromatic N) is 2. The fourth-order valence-electron chi connectivity index (χ4n) is 1.79. The van der Waals surface area contributed by atoms with Gasteiger partial charge in [-0.05, 0) is 32.9 Å². The van der Waals surface area contributed by atoms with Crippen molar-refractivity contribution in [3.8, 4) is 0 Å². The molecule has 0 radical (unpaired) electrons. The first kappa shape index (κ1) is 13.5. The van der Waals surface area contributed by atoms with Gasteiger partial charge in [0.2, 0.25) is 0 Å². The number of hydrogen-bond donors (Lipinski definition) is 0. The molecule has 0 fully saturated rings. The Bertz CT molecular complexity index is 643. The molecule has 19 heavy (non-hydrogen) atoms. The number of para-hydroxylation sites is 1. The van der Waals surface area contributed by atoms with Gasteiger partial charge >= 0.3 is 0 Å². The standard InChI is InChI=1S/C13H14N2O3S/c1-13(2,3)15(12(17)18)11-14-10-8(7-16)5-4-6-9(10)19-11/h4-7H,1-3H3,(H,17,18)/p-1.